The molecule has 0 radical (unpaired) electrons. The third-order valence-electron chi connectivity index (χ3n) is 11.5. The van der Waals surface area contributed by atoms with Crippen molar-refractivity contribution in [3.05, 3.63) is 122 Å². The lowest BCUT2D eigenvalue weighted by atomic mass is 10.0. The molecule has 0 aromatic heterocycles. The van der Waals surface area contributed by atoms with Crippen molar-refractivity contribution in [2.24, 2.45) is 0 Å². The zero-order valence-electron chi connectivity index (χ0n) is 44.5. The van der Waals surface area contributed by atoms with E-state index in [2.05, 4.69) is 142 Å². The van der Waals surface area contributed by atoms with Crippen molar-refractivity contribution in [3.63, 3.8) is 0 Å². The third-order valence-corrected chi connectivity index (χ3v) is 11.5. The van der Waals surface area contributed by atoms with Crippen molar-refractivity contribution in [1.29, 1.82) is 0 Å². The summed E-state index contributed by atoms with van der Waals surface area (Å²) in [5.74, 6) is -0.999. The van der Waals surface area contributed by atoms with E-state index in [1.807, 2.05) is 0 Å². The number of carbonyl (C=O) groups is 3. The summed E-state index contributed by atoms with van der Waals surface area (Å²) >= 11 is 0. The molecular formula is C63H102O6. The van der Waals surface area contributed by atoms with Crippen molar-refractivity contribution in [2.45, 2.75) is 245 Å². The molecule has 390 valence electrons. The molecule has 69 heavy (non-hydrogen) atoms. The molecule has 0 rings (SSSR count). The van der Waals surface area contributed by atoms with Gasteiger partial charge >= 0.3 is 17.9 Å². The number of rotatable bonds is 49. The van der Waals surface area contributed by atoms with Crippen LogP contribution in [0.3, 0.4) is 0 Å². The summed E-state index contributed by atoms with van der Waals surface area (Å²) in [5.41, 5.74) is 0. The molecule has 0 aliphatic carbocycles. The van der Waals surface area contributed by atoms with Gasteiger partial charge in [0.05, 0.1) is 0 Å². The van der Waals surface area contributed by atoms with E-state index < -0.39 is 6.10 Å². The van der Waals surface area contributed by atoms with Crippen LogP contribution in [0, 0.1) is 0 Å². The molecule has 0 saturated heterocycles. The Bertz CT molecular complexity index is 1470. The predicted molar refractivity (Wildman–Crippen MR) is 297 cm³/mol. The fourth-order valence-electron chi connectivity index (χ4n) is 7.32. The van der Waals surface area contributed by atoms with Gasteiger partial charge in [-0.2, -0.15) is 0 Å². The largest absolute Gasteiger partial charge is 0.462 e. The SMILES string of the molecule is CC/C=C\C/C=C\C/C=C\C/C=C\C/C=C\C/C=C\CCCCC(=O)OCC(COC(=O)CCCCCCCCCCCCCCCCC)OC(=O)CCCC/C=C\C/C=C\C/C=C\C/C=C\CC. The highest BCUT2D eigenvalue weighted by Crippen LogP contribution is 2.15. The molecule has 0 aromatic rings. The van der Waals surface area contributed by atoms with Crippen LogP contribution in [0.25, 0.3) is 0 Å². The molecular weight excluding hydrogens is 853 g/mol. The first-order valence-corrected chi connectivity index (χ1v) is 28.0. The second kappa shape index (κ2) is 56.4. The molecule has 0 heterocycles. The maximum absolute atomic E-state index is 12.8. The first-order valence-electron chi connectivity index (χ1n) is 28.0. The molecule has 0 amide bonds. The molecule has 6 nitrogen and oxygen atoms in total. The summed E-state index contributed by atoms with van der Waals surface area (Å²) in [5, 5.41) is 0. The average Bonchev–Trinajstić information content (AvgIpc) is 3.35. The maximum Gasteiger partial charge on any atom is 0.306 e. The van der Waals surface area contributed by atoms with Crippen LogP contribution < -0.4 is 0 Å². The van der Waals surface area contributed by atoms with Crippen LogP contribution in [-0.4, -0.2) is 37.2 Å². The number of carbonyl (C=O) groups excluding carboxylic acids is 3. The number of allylic oxidation sites excluding steroid dienone is 20. The monoisotopic (exact) mass is 955 g/mol. The number of unbranched alkanes of at least 4 members (excludes halogenated alkanes) is 18. The second-order valence-corrected chi connectivity index (χ2v) is 18.1. The molecule has 1 unspecified atom stereocenters. The highest BCUT2D eigenvalue weighted by molar-refractivity contribution is 5.71. The van der Waals surface area contributed by atoms with Gasteiger partial charge in [-0.05, 0) is 109 Å². The zero-order chi connectivity index (χ0) is 50.0. The number of esters is 3. The smallest absolute Gasteiger partial charge is 0.306 e. The van der Waals surface area contributed by atoms with Crippen molar-refractivity contribution in [2.75, 3.05) is 13.2 Å². The zero-order valence-corrected chi connectivity index (χ0v) is 44.5. The summed E-state index contributed by atoms with van der Waals surface area (Å²) in [7, 11) is 0. The summed E-state index contributed by atoms with van der Waals surface area (Å²) in [6.07, 6.45) is 77.6. The molecule has 1 atom stereocenters. The highest BCUT2D eigenvalue weighted by atomic mass is 16.6. The minimum absolute atomic E-state index is 0.110. The van der Waals surface area contributed by atoms with Gasteiger partial charge in [-0.15, -0.1) is 0 Å². The predicted octanol–water partition coefficient (Wildman–Crippen LogP) is 18.9. The topological polar surface area (TPSA) is 78.9 Å². The van der Waals surface area contributed by atoms with Gasteiger partial charge in [0.25, 0.3) is 0 Å². The quantitative estimate of drug-likeness (QED) is 0.0262. The molecule has 0 saturated carbocycles. The molecule has 0 aliphatic rings. The van der Waals surface area contributed by atoms with Gasteiger partial charge in [0, 0.05) is 19.3 Å². The molecule has 0 bridgehead atoms. The Morgan fingerprint density at radius 1 is 0.304 bits per heavy atom. The normalized spacial score (nSPS) is 13.0. The van der Waals surface area contributed by atoms with Crippen LogP contribution in [0.5, 0.6) is 0 Å². The van der Waals surface area contributed by atoms with Gasteiger partial charge in [-0.25, -0.2) is 0 Å². The van der Waals surface area contributed by atoms with Crippen molar-refractivity contribution in [1.82, 2.24) is 0 Å². The van der Waals surface area contributed by atoms with Crippen LogP contribution in [0.15, 0.2) is 122 Å². The molecule has 0 aromatic carbocycles. The van der Waals surface area contributed by atoms with Crippen LogP contribution in [-0.2, 0) is 28.6 Å². The molecule has 0 aliphatic heterocycles. The lowest BCUT2D eigenvalue weighted by molar-refractivity contribution is -0.167. The first kappa shape index (κ1) is 64.8. The van der Waals surface area contributed by atoms with Crippen LogP contribution >= 0.6 is 0 Å². The average molecular weight is 956 g/mol. The Labute approximate surface area is 424 Å². The molecule has 0 N–H and O–H groups in total. The fourth-order valence-corrected chi connectivity index (χ4v) is 7.32. The Balaban J connectivity index is 4.52. The van der Waals surface area contributed by atoms with E-state index in [0.717, 1.165) is 109 Å². The summed E-state index contributed by atoms with van der Waals surface area (Å²) in [6, 6.07) is 0. The van der Waals surface area contributed by atoms with E-state index in [1.165, 1.54) is 77.0 Å². The fraction of sp³-hybridized carbons (Fsp3) is 0.635. The lowest BCUT2D eigenvalue weighted by Gasteiger charge is -2.18. The summed E-state index contributed by atoms with van der Waals surface area (Å²) in [6.45, 7) is 6.34. The maximum atomic E-state index is 12.8. The first-order chi connectivity index (χ1) is 34.0. The van der Waals surface area contributed by atoms with E-state index >= 15 is 0 Å². The highest BCUT2D eigenvalue weighted by Gasteiger charge is 2.19. The van der Waals surface area contributed by atoms with Gasteiger partial charge in [0.2, 0.25) is 0 Å². The van der Waals surface area contributed by atoms with Crippen LogP contribution in [0.2, 0.25) is 0 Å². The van der Waals surface area contributed by atoms with Crippen molar-refractivity contribution < 1.29 is 28.6 Å². The molecule has 0 spiro atoms. The third kappa shape index (κ3) is 54.6. The van der Waals surface area contributed by atoms with Gasteiger partial charge in [0.15, 0.2) is 6.10 Å². The van der Waals surface area contributed by atoms with Crippen LogP contribution in [0.4, 0.5) is 0 Å². The van der Waals surface area contributed by atoms with Gasteiger partial charge in [0.1, 0.15) is 13.2 Å². The van der Waals surface area contributed by atoms with E-state index in [1.54, 1.807) is 0 Å². The Morgan fingerprint density at radius 3 is 0.884 bits per heavy atom. The number of ether oxygens (including phenoxy) is 3. The lowest BCUT2D eigenvalue weighted by Crippen LogP contribution is -2.30. The Hall–Kier alpha value is -4.19. The molecule has 6 heteroatoms. The van der Waals surface area contributed by atoms with Crippen molar-refractivity contribution in [3.8, 4) is 0 Å². The minimum atomic E-state index is -0.820. The van der Waals surface area contributed by atoms with E-state index in [9.17, 15) is 14.4 Å². The Kier molecular flexibility index (Phi) is 53.0. The van der Waals surface area contributed by atoms with Gasteiger partial charge in [-0.3, -0.25) is 14.4 Å². The van der Waals surface area contributed by atoms with Gasteiger partial charge in [-0.1, -0.05) is 232 Å². The summed E-state index contributed by atoms with van der Waals surface area (Å²) in [4.78, 5) is 38.1. The van der Waals surface area contributed by atoms with E-state index in [4.69, 9.17) is 14.2 Å². The summed E-state index contributed by atoms with van der Waals surface area (Å²) < 4.78 is 16.8. The van der Waals surface area contributed by atoms with Crippen molar-refractivity contribution >= 4 is 17.9 Å². The molecule has 0 fully saturated rings. The Morgan fingerprint density at radius 2 is 0.565 bits per heavy atom. The van der Waals surface area contributed by atoms with E-state index in [0.29, 0.717) is 25.7 Å². The number of hydrogen-bond donors (Lipinski definition) is 0. The second-order valence-electron chi connectivity index (χ2n) is 18.1. The standard InChI is InChI=1S/C63H102O6/c1-4-7-10-13-16-19-22-25-28-29-30-31-32-33-36-38-41-44-47-50-53-56-62(65)68-59-60(69-63(66)57-54-51-48-45-42-39-35-27-24-21-18-15-12-9-6-3)58-67-61(64)55-52-49-46-43-40-37-34-26-23-20-17-14-11-8-5-2/h7,9-10,12,16,18-19,21,25,27-28,30-31,33,35-36,41-42,44-45,60H,4-6,8,11,13-15,17,20,22-24,26,29,32,34,37-40,43,46-59H2,1-3H3/b10-7-,12-9-,19-16-,21-18-,28-25-,31-30-,35-27-,36-33-,44-41-,45-42-. The number of hydrogen-bond acceptors (Lipinski definition) is 6. The minimum Gasteiger partial charge on any atom is -0.462 e. The van der Waals surface area contributed by atoms with Crippen LogP contribution in [0.1, 0.15) is 239 Å². The van der Waals surface area contributed by atoms with E-state index in [-0.39, 0.29) is 37.5 Å². The van der Waals surface area contributed by atoms with Gasteiger partial charge < -0.3 is 14.2 Å².